The van der Waals surface area contributed by atoms with Crippen molar-refractivity contribution >= 4 is 5.82 Å². The number of hydrogen-bond donors (Lipinski definition) is 3. The van der Waals surface area contributed by atoms with E-state index in [0.717, 1.165) is 0 Å². The second-order valence-corrected chi connectivity index (χ2v) is 8.07. The maximum atomic E-state index is 14.7. The van der Waals surface area contributed by atoms with Crippen LogP contribution in [0.4, 0.5) is 23.4 Å². The van der Waals surface area contributed by atoms with Crippen molar-refractivity contribution in [3.63, 3.8) is 0 Å². The number of nitrogens with one attached hydrogen (secondary N) is 1. The molecule has 166 valence electrons. The van der Waals surface area contributed by atoms with Crippen LogP contribution >= 0.6 is 0 Å². The first kappa shape index (κ1) is 20.4. The Hall–Kier alpha value is -2.50. The van der Waals surface area contributed by atoms with E-state index in [9.17, 15) is 27.8 Å². The Balaban J connectivity index is 1.59. The molecule has 7 nitrogen and oxygen atoms in total. The minimum atomic E-state index is -4.80. The quantitative estimate of drug-likeness (QED) is 0.630. The molecular formula is C20H19F4N3O4. The molecule has 11 heteroatoms. The Morgan fingerprint density at radius 3 is 2.61 bits per heavy atom. The lowest BCUT2D eigenvalue weighted by molar-refractivity contribution is -0.137. The number of rotatable bonds is 3. The van der Waals surface area contributed by atoms with Crippen LogP contribution in [-0.4, -0.2) is 45.8 Å². The van der Waals surface area contributed by atoms with E-state index in [4.69, 9.17) is 9.47 Å². The summed E-state index contributed by atoms with van der Waals surface area (Å²) in [6.45, 7) is 0.706. The first-order chi connectivity index (χ1) is 14.7. The Kier molecular flexibility index (Phi) is 4.61. The van der Waals surface area contributed by atoms with Crippen LogP contribution in [-0.2, 0) is 27.9 Å². The van der Waals surface area contributed by atoms with Gasteiger partial charge in [-0.15, -0.1) is 10.2 Å². The number of aromatic nitrogens is 2. The van der Waals surface area contributed by atoms with Gasteiger partial charge in [-0.2, -0.15) is 13.2 Å². The molecule has 3 aliphatic rings. The van der Waals surface area contributed by atoms with Gasteiger partial charge in [0.1, 0.15) is 17.3 Å². The minimum Gasteiger partial charge on any atom is -0.507 e. The van der Waals surface area contributed by atoms with Gasteiger partial charge in [-0.05, 0) is 31.4 Å². The van der Waals surface area contributed by atoms with Gasteiger partial charge < -0.3 is 25.0 Å². The number of halogens is 4. The van der Waals surface area contributed by atoms with Crippen molar-refractivity contribution < 1.29 is 37.2 Å². The van der Waals surface area contributed by atoms with E-state index < -0.39 is 40.6 Å². The zero-order chi connectivity index (χ0) is 22.0. The first-order valence-electron chi connectivity index (χ1n) is 9.86. The normalized spacial score (nSPS) is 24.3. The number of benzene rings is 1. The average Bonchev–Trinajstić information content (AvgIpc) is 3.38. The highest BCUT2D eigenvalue weighted by Gasteiger charge is 2.54. The number of nitrogens with zero attached hydrogens (tertiary/aromatic N) is 2. The van der Waals surface area contributed by atoms with Crippen molar-refractivity contribution in [1.29, 1.82) is 0 Å². The molecule has 2 atom stereocenters. The number of hydrogen-bond acceptors (Lipinski definition) is 7. The Morgan fingerprint density at radius 1 is 1.19 bits per heavy atom. The number of alkyl halides is 3. The van der Waals surface area contributed by atoms with Crippen LogP contribution in [0.25, 0.3) is 11.3 Å². The van der Waals surface area contributed by atoms with E-state index in [0.29, 0.717) is 54.9 Å². The van der Waals surface area contributed by atoms with Crippen LogP contribution in [0, 0.1) is 5.82 Å². The van der Waals surface area contributed by atoms with Gasteiger partial charge >= 0.3 is 6.18 Å². The van der Waals surface area contributed by atoms with Gasteiger partial charge in [0.2, 0.25) is 0 Å². The molecule has 0 bridgehead atoms. The highest BCUT2D eigenvalue weighted by Crippen LogP contribution is 2.58. The lowest BCUT2D eigenvalue weighted by Gasteiger charge is -2.29. The second-order valence-electron chi connectivity index (χ2n) is 8.07. The lowest BCUT2D eigenvalue weighted by atomic mass is 9.97. The zero-order valence-electron chi connectivity index (χ0n) is 16.2. The molecule has 0 amide bonds. The number of phenolic OH excluding ortho intramolecular Hbond substituents is 1. The van der Waals surface area contributed by atoms with Crippen molar-refractivity contribution in [2.75, 3.05) is 18.5 Å². The zero-order valence-corrected chi connectivity index (χ0v) is 16.2. The molecule has 31 heavy (non-hydrogen) atoms. The van der Waals surface area contributed by atoms with Gasteiger partial charge in [-0.3, -0.25) is 0 Å². The molecule has 5 rings (SSSR count). The van der Waals surface area contributed by atoms with E-state index >= 15 is 0 Å². The van der Waals surface area contributed by atoms with Crippen LogP contribution in [0.5, 0.6) is 5.75 Å². The van der Waals surface area contributed by atoms with Crippen LogP contribution in [0.15, 0.2) is 12.1 Å². The molecule has 1 spiro atoms. The largest absolute Gasteiger partial charge is 0.507 e. The number of ether oxygens (including phenoxy) is 2. The Labute approximate surface area is 174 Å². The van der Waals surface area contributed by atoms with Crippen molar-refractivity contribution in [2.45, 2.75) is 49.8 Å². The third-order valence-electron chi connectivity index (χ3n) is 6.01. The SMILES string of the molecule is Oc1cc(C(F)(F)F)cc(F)c1-c1nnc(N[C@@H]2CCOC[C@H]2O)c2c1COC21CC1. The summed E-state index contributed by atoms with van der Waals surface area (Å²) in [6.07, 6.45) is -3.60. The number of anilines is 1. The van der Waals surface area contributed by atoms with Crippen LogP contribution in [0.1, 0.15) is 36.0 Å². The lowest BCUT2D eigenvalue weighted by Crippen LogP contribution is -2.42. The van der Waals surface area contributed by atoms with Gasteiger partial charge in [0.05, 0.1) is 42.1 Å². The molecule has 3 N–H and O–H groups in total. The molecule has 0 unspecified atom stereocenters. The summed E-state index contributed by atoms with van der Waals surface area (Å²) < 4.78 is 64.7. The Morgan fingerprint density at radius 2 is 1.97 bits per heavy atom. The van der Waals surface area contributed by atoms with Crippen molar-refractivity contribution in [1.82, 2.24) is 10.2 Å². The third-order valence-corrected chi connectivity index (χ3v) is 6.01. The summed E-state index contributed by atoms with van der Waals surface area (Å²) in [5.41, 5.74) is -1.30. The van der Waals surface area contributed by atoms with Gasteiger partial charge in [0.25, 0.3) is 0 Å². The standard InChI is InChI=1S/C20H19F4N3O4/c21-11-5-9(20(22,23)24)6-13(28)15(11)17-10-7-31-19(2-3-19)16(10)18(27-26-17)25-12-1-4-30-8-14(12)29/h5-6,12,14,28-29H,1-4,7-8H2,(H,25,27)/t12-,14-/m1/s1. The topological polar surface area (TPSA) is 96.7 Å². The number of phenols is 1. The van der Waals surface area contributed by atoms with Gasteiger partial charge in [-0.1, -0.05) is 0 Å². The summed E-state index contributed by atoms with van der Waals surface area (Å²) in [5.74, 6) is -1.74. The summed E-state index contributed by atoms with van der Waals surface area (Å²) in [5, 5.41) is 31.8. The molecule has 1 saturated heterocycles. The van der Waals surface area contributed by atoms with Crippen LogP contribution in [0.2, 0.25) is 0 Å². The number of fused-ring (bicyclic) bond motifs is 2. The molecule has 2 aliphatic heterocycles. The van der Waals surface area contributed by atoms with E-state index in [1.165, 1.54) is 0 Å². The molecule has 0 radical (unpaired) electrons. The second kappa shape index (κ2) is 7.01. The third kappa shape index (κ3) is 3.40. The smallest absolute Gasteiger partial charge is 0.416 e. The fourth-order valence-corrected chi connectivity index (χ4v) is 4.25. The van der Waals surface area contributed by atoms with Crippen LogP contribution in [0.3, 0.4) is 0 Å². The molecule has 1 aliphatic carbocycles. The fraction of sp³-hybridized carbons (Fsp3) is 0.500. The molecule has 1 saturated carbocycles. The maximum absolute atomic E-state index is 14.7. The number of aliphatic hydroxyl groups is 1. The number of aromatic hydroxyl groups is 1. The molecule has 1 aromatic heterocycles. The first-order valence-corrected chi connectivity index (χ1v) is 9.86. The summed E-state index contributed by atoms with van der Waals surface area (Å²) in [4.78, 5) is 0. The van der Waals surface area contributed by atoms with Gasteiger partial charge in [0, 0.05) is 17.7 Å². The van der Waals surface area contributed by atoms with Gasteiger partial charge in [0.15, 0.2) is 5.82 Å². The van der Waals surface area contributed by atoms with E-state index in [1.807, 2.05) is 0 Å². The van der Waals surface area contributed by atoms with Crippen molar-refractivity contribution in [2.24, 2.45) is 0 Å². The molecule has 3 heterocycles. The molecular weight excluding hydrogens is 422 g/mol. The monoisotopic (exact) mass is 441 g/mol. The van der Waals surface area contributed by atoms with E-state index in [2.05, 4.69) is 15.5 Å². The fourth-order valence-electron chi connectivity index (χ4n) is 4.25. The molecule has 2 fully saturated rings. The van der Waals surface area contributed by atoms with Gasteiger partial charge in [-0.25, -0.2) is 4.39 Å². The van der Waals surface area contributed by atoms with E-state index in [-0.39, 0.29) is 24.9 Å². The minimum absolute atomic E-state index is 0.0550. The highest BCUT2D eigenvalue weighted by atomic mass is 19.4. The summed E-state index contributed by atoms with van der Waals surface area (Å²) in [7, 11) is 0. The van der Waals surface area contributed by atoms with Crippen LogP contribution < -0.4 is 5.32 Å². The maximum Gasteiger partial charge on any atom is 0.416 e. The predicted molar refractivity (Wildman–Crippen MR) is 98.6 cm³/mol. The Bertz CT molecular complexity index is 1020. The predicted octanol–water partition coefficient (Wildman–Crippen LogP) is 3.09. The number of aliphatic hydroxyl groups excluding tert-OH is 1. The summed E-state index contributed by atoms with van der Waals surface area (Å²) in [6, 6.07) is 0.474. The highest BCUT2D eigenvalue weighted by molar-refractivity contribution is 5.75. The molecule has 1 aromatic carbocycles. The summed E-state index contributed by atoms with van der Waals surface area (Å²) >= 11 is 0. The molecule has 2 aromatic rings. The average molecular weight is 441 g/mol. The van der Waals surface area contributed by atoms with Crippen molar-refractivity contribution in [3.8, 4) is 17.0 Å². The van der Waals surface area contributed by atoms with E-state index in [1.54, 1.807) is 0 Å². The van der Waals surface area contributed by atoms with Crippen molar-refractivity contribution in [3.05, 3.63) is 34.6 Å².